The minimum atomic E-state index is -0.514. The second-order valence-electron chi connectivity index (χ2n) is 4.38. The van der Waals surface area contributed by atoms with E-state index in [4.69, 9.17) is 9.47 Å². The van der Waals surface area contributed by atoms with Gasteiger partial charge in [0.05, 0.1) is 0 Å². The highest BCUT2D eigenvalue weighted by atomic mass is 16.7. The first-order valence-corrected chi connectivity index (χ1v) is 5.59. The molecule has 0 radical (unpaired) electrons. The largest absolute Gasteiger partial charge is 0.449 e. The number of ether oxygens (including phenoxy) is 2. The third-order valence-corrected chi connectivity index (χ3v) is 2.74. The first-order chi connectivity index (χ1) is 7.05. The van der Waals surface area contributed by atoms with Gasteiger partial charge in [0.2, 0.25) is 5.79 Å². The molecule has 1 heterocycles. The summed E-state index contributed by atoms with van der Waals surface area (Å²) in [6, 6.07) is 4.23. The lowest BCUT2D eigenvalue weighted by molar-refractivity contribution is -0.0431. The molecule has 0 amide bonds. The van der Waals surface area contributed by atoms with Crippen molar-refractivity contribution < 1.29 is 9.47 Å². The molecule has 0 atom stereocenters. The molecule has 0 unspecified atom stereocenters. The first-order valence-electron chi connectivity index (χ1n) is 5.59. The van der Waals surface area contributed by atoms with Gasteiger partial charge in [-0.25, -0.2) is 0 Å². The van der Waals surface area contributed by atoms with Gasteiger partial charge in [0.15, 0.2) is 11.5 Å². The van der Waals surface area contributed by atoms with E-state index < -0.39 is 5.79 Å². The molecule has 0 saturated heterocycles. The highest BCUT2D eigenvalue weighted by Gasteiger charge is 2.32. The van der Waals surface area contributed by atoms with Crippen molar-refractivity contribution in [2.24, 2.45) is 0 Å². The van der Waals surface area contributed by atoms with Crippen molar-refractivity contribution in [2.75, 3.05) is 0 Å². The van der Waals surface area contributed by atoms with Gasteiger partial charge in [-0.05, 0) is 36.1 Å². The third kappa shape index (κ3) is 1.81. The van der Waals surface area contributed by atoms with E-state index in [9.17, 15) is 0 Å². The zero-order valence-corrected chi connectivity index (χ0v) is 9.89. The molecule has 0 bridgehead atoms. The molecule has 2 nitrogen and oxygen atoms in total. The Balaban J connectivity index is 2.44. The van der Waals surface area contributed by atoms with Crippen LogP contribution in [0.5, 0.6) is 11.5 Å². The van der Waals surface area contributed by atoms with Crippen LogP contribution in [0.2, 0.25) is 0 Å². The molecule has 0 N–H and O–H groups in total. The van der Waals surface area contributed by atoms with E-state index in [1.54, 1.807) is 0 Å². The van der Waals surface area contributed by atoms with Crippen molar-refractivity contribution in [2.45, 2.75) is 46.3 Å². The fourth-order valence-corrected chi connectivity index (χ4v) is 2.01. The Morgan fingerprint density at radius 2 is 1.33 bits per heavy atom. The molecule has 15 heavy (non-hydrogen) atoms. The van der Waals surface area contributed by atoms with Crippen molar-refractivity contribution >= 4 is 0 Å². The summed E-state index contributed by atoms with van der Waals surface area (Å²) in [6.45, 7) is 8.21. The van der Waals surface area contributed by atoms with Crippen molar-refractivity contribution in [1.82, 2.24) is 0 Å². The summed E-state index contributed by atoms with van der Waals surface area (Å²) in [5.41, 5.74) is 2.72. The molecule has 1 aromatic rings. The third-order valence-electron chi connectivity index (χ3n) is 2.74. The van der Waals surface area contributed by atoms with E-state index in [1.807, 2.05) is 13.8 Å². The summed E-state index contributed by atoms with van der Waals surface area (Å²) in [4.78, 5) is 0. The molecule has 82 valence electrons. The Kier molecular flexibility index (Phi) is 2.37. The van der Waals surface area contributed by atoms with Gasteiger partial charge in [-0.2, -0.15) is 0 Å². The monoisotopic (exact) mass is 206 g/mol. The lowest BCUT2D eigenvalue weighted by Gasteiger charge is -2.16. The van der Waals surface area contributed by atoms with Crippen molar-refractivity contribution in [3.05, 3.63) is 23.3 Å². The summed E-state index contributed by atoms with van der Waals surface area (Å²) < 4.78 is 11.4. The quantitative estimate of drug-likeness (QED) is 0.739. The van der Waals surface area contributed by atoms with Crippen LogP contribution in [0.25, 0.3) is 0 Å². The smallest absolute Gasteiger partial charge is 0.246 e. The number of benzene rings is 1. The van der Waals surface area contributed by atoms with Crippen LogP contribution in [0.3, 0.4) is 0 Å². The van der Waals surface area contributed by atoms with Gasteiger partial charge >= 0.3 is 0 Å². The maximum absolute atomic E-state index is 5.71. The Bertz CT molecular complexity index is 345. The van der Waals surface area contributed by atoms with Gasteiger partial charge in [-0.3, -0.25) is 0 Å². The van der Waals surface area contributed by atoms with E-state index in [1.165, 1.54) is 11.1 Å². The number of hydrogen-bond donors (Lipinski definition) is 0. The maximum Gasteiger partial charge on any atom is 0.246 e. The summed E-state index contributed by atoms with van der Waals surface area (Å²) in [5, 5.41) is 0. The molecule has 0 aliphatic carbocycles. The fraction of sp³-hybridized carbons (Fsp3) is 0.538. The zero-order chi connectivity index (χ0) is 11.1. The molecule has 0 saturated carbocycles. The molecule has 0 fully saturated rings. The topological polar surface area (TPSA) is 18.5 Å². The highest BCUT2D eigenvalue weighted by Crippen LogP contribution is 2.41. The Morgan fingerprint density at radius 1 is 0.933 bits per heavy atom. The van der Waals surface area contributed by atoms with Crippen LogP contribution in [0.4, 0.5) is 0 Å². The predicted octanol–water partition coefficient (Wildman–Crippen LogP) is 3.32. The molecular weight excluding hydrogens is 188 g/mol. The standard InChI is InChI=1S/C13H18O2/c1-5-9-7-11-12(8-10(9)6-2)15-13(3,4)14-11/h7-8H,5-6H2,1-4H3. The first kappa shape index (κ1) is 10.3. The van der Waals surface area contributed by atoms with Crippen molar-refractivity contribution in [1.29, 1.82) is 0 Å². The van der Waals surface area contributed by atoms with E-state index in [2.05, 4.69) is 26.0 Å². The summed E-state index contributed by atoms with van der Waals surface area (Å²) in [5.74, 6) is 1.25. The fourth-order valence-electron chi connectivity index (χ4n) is 2.01. The second-order valence-corrected chi connectivity index (χ2v) is 4.38. The van der Waals surface area contributed by atoms with Crippen LogP contribution >= 0.6 is 0 Å². The average Bonchev–Trinajstić information content (AvgIpc) is 2.48. The zero-order valence-electron chi connectivity index (χ0n) is 9.89. The Labute approximate surface area is 91.2 Å². The second kappa shape index (κ2) is 3.44. The number of aryl methyl sites for hydroxylation is 2. The predicted molar refractivity (Wildman–Crippen MR) is 60.5 cm³/mol. The van der Waals surface area contributed by atoms with Crippen LogP contribution in [0.15, 0.2) is 12.1 Å². The van der Waals surface area contributed by atoms with Gasteiger partial charge in [0.1, 0.15) is 0 Å². The molecule has 0 aromatic heterocycles. The molecule has 0 spiro atoms. The number of fused-ring (bicyclic) bond motifs is 1. The Hall–Kier alpha value is -1.18. The van der Waals surface area contributed by atoms with E-state index in [-0.39, 0.29) is 0 Å². The van der Waals surface area contributed by atoms with E-state index >= 15 is 0 Å². The average molecular weight is 206 g/mol. The molecule has 2 heteroatoms. The van der Waals surface area contributed by atoms with Crippen LogP contribution < -0.4 is 9.47 Å². The maximum atomic E-state index is 5.71. The van der Waals surface area contributed by atoms with Gasteiger partial charge in [-0.1, -0.05) is 13.8 Å². The van der Waals surface area contributed by atoms with Crippen LogP contribution in [0.1, 0.15) is 38.8 Å². The van der Waals surface area contributed by atoms with Crippen LogP contribution in [0, 0.1) is 0 Å². The summed E-state index contributed by atoms with van der Waals surface area (Å²) >= 11 is 0. The van der Waals surface area contributed by atoms with Gasteiger partial charge < -0.3 is 9.47 Å². The van der Waals surface area contributed by atoms with Crippen LogP contribution in [-0.4, -0.2) is 5.79 Å². The van der Waals surface area contributed by atoms with Crippen molar-refractivity contribution in [3.63, 3.8) is 0 Å². The molecule has 2 rings (SSSR count). The number of rotatable bonds is 2. The molecule has 1 aromatic carbocycles. The molecule has 1 aliphatic rings. The van der Waals surface area contributed by atoms with Gasteiger partial charge in [0.25, 0.3) is 0 Å². The van der Waals surface area contributed by atoms with E-state index in [0.717, 1.165) is 24.3 Å². The van der Waals surface area contributed by atoms with E-state index in [0.29, 0.717) is 0 Å². The van der Waals surface area contributed by atoms with Crippen molar-refractivity contribution in [3.8, 4) is 11.5 Å². The normalized spacial score (nSPS) is 16.8. The minimum absolute atomic E-state index is 0.514. The Morgan fingerprint density at radius 3 is 1.67 bits per heavy atom. The molecule has 1 aliphatic heterocycles. The number of hydrogen-bond acceptors (Lipinski definition) is 2. The summed E-state index contributed by atoms with van der Waals surface area (Å²) in [7, 11) is 0. The summed E-state index contributed by atoms with van der Waals surface area (Å²) in [6.07, 6.45) is 2.08. The van der Waals surface area contributed by atoms with Crippen LogP contribution in [-0.2, 0) is 12.8 Å². The van der Waals surface area contributed by atoms with Gasteiger partial charge in [-0.15, -0.1) is 0 Å². The minimum Gasteiger partial charge on any atom is -0.449 e. The van der Waals surface area contributed by atoms with Gasteiger partial charge in [0, 0.05) is 13.8 Å². The lowest BCUT2D eigenvalue weighted by atomic mass is 10.0. The highest BCUT2D eigenvalue weighted by molar-refractivity contribution is 5.49. The molecular formula is C13H18O2. The SMILES string of the molecule is CCc1cc2c(cc1CC)OC(C)(C)O2. The lowest BCUT2D eigenvalue weighted by Crippen LogP contribution is -2.29.